The maximum atomic E-state index is 12.3. The molecule has 1 heterocycles. The van der Waals surface area contributed by atoms with Crippen LogP contribution in [-0.4, -0.2) is 45.5 Å². The first-order valence-electron chi connectivity index (χ1n) is 5.88. The monoisotopic (exact) mass is 337 g/mol. The number of rotatable bonds is 3. The van der Waals surface area contributed by atoms with Crippen molar-refractivity contribution < 1.29 is 17.9 Å². The minimum absolute atomic E-state index is 0.00867. The predicted octanol–water partition coefficient (Wildman–Crippen LogP) is 2.13. The molecule has 0 unspecified atom stereocenters. The number of ether oxygens (including phenoxy) is 1. The Hall–Kier alpha value is -0.820. The SMILES string of the molecule is CO[C@H]1CCN(C(=O)c2cc(Cl)cc(S(=O)(=O)Cl)c2)C1. The fourth-order valence-electron chi connectivity index (χ4n) is 2.11. The van der Waals surface area contributed by atoms with E-state index in [1.165, 1.54) is 18.2 Å². The summed E-state index contributed by atoms with van der Waals surface area (Å²) in [6.45, 7) is 1.04. The zero-order chi connectivity index (χ0) is 14.9. The Balaban J connectivity index is 2.29. The highest BCUT2D eigenvalue weighted by Crippen LogP contribution is 2.24. The average Bonchev–Trinajstić information content (AvgIpc) is 2.84. The first kappa shape index (κ1) is 15.6. The van der Waals surface area contributed by atoms with E-state index in [0.29, 0.717) is 13.1 Å². The van der Waals surface area contributed by atoms with Crippen molar-refractivity contribution >= 4 is 37.2 Å². The highest BCUT2D eigenvalue weighted by molar-refractivity contribution is 8.13. The Morgan fingerprint density at radius 2 is 2.10 bits per heavy atom. The molecule has 0 spiro atoms. The Morgan fingerprint density at radius 3 is 2.65 bits per heavy atom. The van der Waals surface area contributed by atoms with Crippen molar-refractivity contribution in [2.45, 2.75) is 17.4 Å². The largest absolute Gasteiger partial charge is 0.380 e. The van der Waals surface area contributed by atoms with E-state index < -0.39 is 9.05 Å². The topological polar surface area (TPSA) is 63.7 Å². The third-order valence-electron chi connectivity index (χ3n) is 3.17. The third kappa shape index (κ3) is 3.44. The van der Waals surface area contributed by atoms with E-state index in [1.54, 1.807) is 12.0 Å². The summed E-state index contributed by atoms with van der Waals surface area (Å²) >= 11 is 5.84. The van der Waals surface area contributed by atoms with E-state index in [0.717, 1.165) is 6.42 Å². The quantitative estimate of drug-likeness (QED) is 0.792. The number of likely N-dealkylation sites (tertiary alicyclic amines) is 1. The van der Waals surface area contributed by atoms with Crippen molar-refractivity contribution in [1.29, 1.82) is 0 Å². The van der Waals surface area contributed by atoms with Crippen LogP contribution in [0.3, 0.4) is 0 Å². The molecule has 1 amide bonds. The summed E-state index contributed by atoms with van der Waals surface area (Å²) in [6.07, 6.45) is 0.762. The lowest BCUT2D eigenvalue weighted by Gasteiger charge is -2.16. The van der Waals surface area contributed by atoms with Gasteiger partial charge in [-0.05, 0) is 24.6 Å². The number of carbonyl (C=O) groups is 1. The Kier molecular flexibility index (Phi) is 4.59. The first-order chi connectivity index (χ1) is 9.31. The molecule has 1 aliphatic rings. The number of amides is 1. The highest BCUT2D eigenvalue weighted by Gasteiger charge is 2.27. The van der Waals surface area contributed by atoms with Crippen LogP contribution in [0.15, 0.2) is 23.1 Å². The lowest BCUT2D eigenvalue weighted by molar-refractivity contribution is 0.0724. The second-order valence-corrected chi connectivity index (χ2v) is 7.51. The molecular formula is C12H13Cl2NO4S. The van der Waals surface area contributed by atoms with E-state index in [2.05, 4.69) is 0 Å². The maximum Gasteiger partial charge on any atom is 0.261 e. The molecule has 0 N–H and O–H groups in total. The predicted molar refractivity (Wildman–Crippen MR) is 75.8 cm³/mol. The van der Waals surface area contributed by atoms with Crippen LogP contribution < -0.4 is 0 Å². The van der Waals surface area contributed by atoms with E-state index in [4.69, 9.17) is 27.0 Å². The van der Waals surface area contributed by atoms with Gasteiger partial charge in [0.2, 0.25) is 0 Å². The molecule has 0 aliphatic carbocycles. The lowest BCUT2D eigenvalue weighted by atomic mass is 10.2. The lowest BCUT2D eigenvalue weighted by Crippen LogP contribution is -2.30. The molecule has 0 bridgehead atoms. The zero-order valence-electron chi connectivity index (χ0n) is 10.7. The Labute approximate surface area is 126 Å². The minimum atomic E-state index is -3.93. The van der Waals surface area contributed by atoms with Crippen molar-refractivity contribution in [2.24, 2.45) is 0 Å². The Morgan fingerprint density at radius 1 is 1.40 bits per heavy atom. The van der Waals surface area contributed by atoms with Crippen LogP contribution in [0.2, 0.25) is 5.02 Å². The molecule has 20 heavy (non-hydrogen) atoms. The van der Waals surface area contributed by atoms with Crippen LogP contribution in [0, 0.1) is 0 Å². The molecule has 2 rings (SSSR count). The fraction of sp³-hybridized carbons (Fsp3) is 0.417. The molecule has 1 aromatic rings. The summed E-state index contributed by atoms with van der Waals surface area (Å²) in [5, 5.41) is 0.151. The van der Waals surface area contributed by atoms with Gasteiger partial charge in [-0.2, -0.15) is 0 Å². The van der Waals surface area contributed by atoms with Crippen LogP contribution in [0.4, 0.5) is 0 Å². The summed E-state index contributed by atoms with van der Waals surface area (Å²) in [7, 11) is 2.95. The molecule has 0 radical (unpaired) electrons. The van der Waals surface area contributed by atoms with Gasteiger partial charge in [-0.25, -0.2) is 8.42 Å². The van der Waals surface area contributed by atoms with Gasteiger partial charge in [-0.15, -0.1) is 0 Å². The van der Waals surface area contributed by atoms with Crippen LogP contribution in [0.25, 0.3) is 0 Å². The maximum absolute atomic E-state index is 12.3. The molecule has 1 saturated heterocycles. The van der Waals surface area contributed by atoms with E-state index in [1.807, 2.05) is 0 Å². The van der Waals surface area contributed by atoms with Gasteiger partial charge in [-0.1, -0.05) is 11.6 Å². The fourth-order valence-corrected chi connectivity index (χ4v) is 3.22. The Bertz CT molecular complexity index is 632. The second-order valence-electron chi connectivity index (χ2n) is 4.51. The number of hydrogen-bond donors (Lipinski definition) is 0. The van der Waals surface area contributed by atoms with Crippen molar-refractivity contribution in [3.05, 3.63) is 28.8 Å². The van der Waals surface area contributed by atoms with Crippen LogP contribution in [0.5, 0.6) is 0 Å². The van der Waals surface area contributed by atoms with Crippen molar-refractivity contribution in [3.8, 4) is 0 Å². The number of carbonyl (C=O) groups excluding carboxylic acids is 1. The van der Waals surface area contributed by atoms with Crippen molar-refractivity contribution in [2.75, 3.05) is 20.2 Å². The minimum Gasteiger partial charge on any atom is -0.380 e. The molecular weight excluding hydrogens is 325 g/mol. The number of methoxy groups -OCH3 is 1. The van der Waals surface area contributed by atoms with Gasteiger partial charge < -0.3 is 9.64 Å². The molecule has 8 heteroatoms. The molecule has 110 valence electrons. The first-order valence-corrected chi connectivity index (χ1v) is 8.57. The molecule has 1 fully saturated rings. The summed E-state index contributed by atoms with van der Waals surface area (Å²) in [5.74, 6) is -0.284. The van der Waals surface area contributed by atoms with Gasteiger partial charge in [0.1, 0.15) is 0 Å². The van der Waals surface area contributed by atoms with Crippen molar-refractivity contribution in [3.63, 3.8) is 0 Å². The summed E-state index contributed by atoms with van der Waals surface area (Å²) in [6, 6.07) is 3.87. The van der Waals surface area contributed by atoms with E-state index >= 15 is 0 Å². The molecule has 0 saturated carbocycles. The van der Waals surface area contributed by atoms with Gasteiger partial charge in [0.05, 0.1) is 11.0 Å². The molecule has 1 aliphatic heterocycles. The van der Waals surface area contributed by atoms with Crippen LogP contribution in [-0.2, 0) is 13.8 Å². The molecule has 5 nitrogen and oxygen atoms in total. The summed E-state index contributed by atoms with van der Waals surface area (Å²) in [5.41, 5.74) is 0.202. The zero-order valence-corrected chi connectivity index (χ0v) is 13.0. The van der Waals surface area contributed by atoms with Gasteiger partial charge in [0, 0.05) is 41.5 Å². The third-order valence-corrected chi connectivity index (χ3v) is 4.72. The van der Waals surface area contributed by atoms with Crippen LogP contribution in [0.1, 0.15) is 16.8 Å². The molecule has 1 atom stereocenters. The standard InChI is InChI=1S/C12H13Cl2NO4S/c1-19-10-2-3-15(7-10)12(16)8-4-9(13)6-11(5-8)20(14,17)18/h4-6,10H,2-3,7H2,1H3/t10-/m0/s1. The second kappa shape index (κ2) is 5.89. The highest BCUT2D eigenvalue weighted by atomic mass is 35.7. The normalized spacial score (nSPS) is 19.4. The summed E-state index contributed by atoms with van der Waals surface area (Å²) in [4.78, 5) is 13.7. The van der Waals surface area contributed by atoms with Gasteiger partial charge in [0.25, 0.3) is 15.0 Å². The number of benzene rings is 1. The van der Waals surface area contributed by atoms with Gasteiger partial charge in [-0.3, -0.25) is 4.79 Å². The molecule has 0 aromatic heterocycles. The number of halogens is 2. The van der Waals surface area contributed by atoms with Gasteiger partial charge >= 0.3 is 0 Å². The smallest absolute Gasteiger partial charge is 0.261 e. The van der Waals surface area contributed by atoms with Gasteiger partial charge in [0.15, 0.2) is 0 Å². The average molecular weight is 338 g/mol. The number of hydrogen-bond acceptors (Lipinski definition) is 4. The van der Waals surface area contributed by atoms with E-state index in [-0.39, 0.29) is 27.5 Å². The molecule has 1 aromatic carbocycles. The van der Waals surface area contributed by atoms with Crippen LogP contribution >= 0.6 is 22.3 Å². The van der Waals surface area contributed by atoms with Crippen molar-refractivity contribution in [1.82, 2.24) is 4.90 Å². The number of nitrogens with zero attached hydrogens (tertiary/aromatic N) is 1. The summed E-state index contributed by atoms with van der Waals surface area (Å²) < 4.78 is 27.9. The van der Waals surface area contributed by atoms with E-state index in [9.17, 15) is 13.2 Å².